The number of aromatic nitrogens is 1. The highest BCUT2D eigenvalue weighted by Gasteiger charge is 2.41. The lowest BCUT2D eigenvalue weighted by Crippen LogP contribution is -2.49. The normalized spacial score (nSPS) is 24.5. The fourth-order valence-corrected chi connectivity index (χ4v) is 3.34. The van der Waals surface area contributed by atoms with Gasteiger partial charge in [0.2, 0.25) is 5.91 Å². The number of piperidine rings is 1. The van der Waals surface area contributed by atoms with E-state index in [0.717, 1.165) is 12.8 Å². The van der Waals surface area contributed by atoms with Crippen LogP contribution in [-0.4, -0.2) is 66.0 Å². The van der Waals surface area contributed by atoms with Crippen LogP contribution in [0.3, 0.4) is 0 Å². The molecule has 3 aliphatic rings. The van der Waals surface area contributed by atoms with Crippen LogP contribution in [0.1, 0.15) is 23.3 Å². The molecule has 22 heavy (non-hydrogen) atoms. The second-order valence-corrected chi connectivity index (χ2v) is 5.88. The summed E-state index contributed by atoms with van der Waals surface area (Å²) in [5.41, 5.74) is 0.444. The summed E-state index contributed by atoms with van der Waals surface area (Å²) >= 11 is 0. The third-order valence-corrected chi connectivity index (χ3v) is 4.50. The maximum absolute atomic E-state index is 12.6. The van der Waals surface area contributed by atoms with Crippen LogP contribution >= 0.6 is 0 Å². The van der Waals surface area contributed by atoms with Gasteiger partial charge in [0, 0.05) is 39.0 Å². The van der Waals surface area contributed by atoms with Crippen LogP contribution < -0.4 is 0 Å². The molecule has 3 saturated heterocycles. The van der Waals surface area contributed by atoms with Gasteiger partial charge in [-0.3, -0.25) is 14.6 Å². The maximum Gasteiger partial charge on any atom is 0.272 e. The number of methoxy groups -OCH3 is 1. The summed E-state index contributed by atoms with van der Waals surface area (Å²) in [7, 11) is 1.64. The standard InChI is InChI=1S/C16H21N3O3/c1-22-9-8-19-13-6-5-12(15(19)20)10-18(11-13)16(21)14-4-2-3-7-17-14/h2-4,7,12-13H,5-6,8-11H2,1H3/t12-,13+/m0/s1. The van der Waals surface area contributed by atoms with Gasteiger partial charge in [-0.2, -0.15) is 0 Å². The fraction of sp³-hybridized carbons (Fsp3) is 0.562. The van der Waals surface area contributed by atoms with Crippen LogP contribution in [0.5, 0.6) is 0 Å². The fourth-order valence-electron chi connectivity index (χ4n) is 3.34. The summed E-state index contributed by atoms with van der Waals surface area (Å²) in [6, 6.07) is 5.41. The number of amides is 2. The molecule has 0 saturated carbocycles. The summed E-state index contributed by atoms with van der Waals surface area (Å²) in [6.07, 6.45) is 3.43. The van der Waals surface area contributed by atoms with Crippen molar-refractivity contribution in [2.24, 2.45) is 5.92 Å². The Morgan fingerprint density at radius 1 is 1.36 bits per heavy atom. The molecule has 2 atom stereocenters. The van der Waals surface area contributed by atoms with E-state index >= 15 is 0 Å². The van der Waals surface area contributed by atoms with Crippen molar-refractivity contribution in [1.82, 2.24) is 14.8 Å². The molecule has 1 aromatic heterocycles. The van der Waals surface area contributed by atoms with Gasteiger partial charge in [-0.25, -0.2) is 0 Å². The largest absolute Gasteiger partial charge is 0.383 e. The number of carbonyl (C=O) groups excluding carboxylic acids is 2. The van der Waals surface area contributed by atoms with Crippen molar-refractivity contribution in [2.75, 3.05) is 33.4 Å². The van der Waals surface area contributed by atoms with E-state index in [1.807, 2.05) is 11.0 Å². The summed E-state index contributed by atoms with van der Waals surface area (Å²) in [6.45, 7) is 2.21. The predicted octanol–water partition coefficient (Wildman–Crippen LogP) is 0.791. The van der Waals surface area contributed by atoms with E-state index in [1.54, 1.807) is 30.3 Å². The van der Waals surface area contributed by atoms with E-state index in [9.17, 15) is 9.59 Å². The van der Waals surface area contributed by atoms with Gasteiger partial charge in [-0.05, 0) is 25.0 Å². The maximum atomic E-state index is 12.6. The van der Waals surface area contributed by atoms with Gasteiger partial charge < -0.3 is 14.5 Å². The molecule has 3 aliphatic heterocycles. The summed E-state index contributed by atoms with van der Waals surface area (Å²) in [5.74, 6) is -0.0215. The second-order valence-electron chi connectivity index (χ2n) is 5.88. The van der Waals surface area contributed by atoms with Gasteiger partial charge >= 0.3 is 0 Å². The highest BCUT2D eigenvalue weighted by atomic mass is 16.5. The van der Waals surface area contributed by atoms with Crippen LogP contribution in [0.4, 0.5) is 0 Å². The topological polar surface area (TPSA) is 62.7 Å². The first-order valence-corrected chi connectivity index (χ1v) is 7.70. The lowest BCUT2D eigenvalue weighted by Gasteiger charge is -2.35. The Morgan fingerprint density at radius 2 is 2.23 bits per heavy atom. The molecule has 118 valence electrons. The summed E-state index contributed by atoms with van der Waals surface area (Å²) in [5, 5.41) is 0. The van der Waals surface area contributed by atoms with Crippen LogP contribution in [-0.2, 0) is 9.53 Å². The first-order chi connectivity index (χ1) is 10.7. The van der Waals surface area contributed by atoms with Gasteiger partial charge in [0.1, 0.15) is 5.69 Å². The second kappa shape index (κ2) is 6.44. The Kier molecular flexibility index (Phi) is 4.38. The minimum absolute atomic E-state index is 0.0844. The van der Waals surface area contributed by atoms with Crippen molar-refractivity contribution in [3.05, 3.63) is 30.1 Å². The molecule has 3 fully saturated rings. The van der Waals surface area contributed by atoms with Crippen LogP contribution in [0.25, 0.3) is 0 Å². The van der Waals surface area contributed by atoms with Crippen LogP contribution in [0, 0.1) is 5.92 Å². The number of fused-ring (bicyclic) bond motifs is 4. The third-order valence-electron chi connectivity index (χ3n) is 4.50. The average molecular weight is 303 g/mol. The van der Waals surface area contributed by atoms with Gasteiger partial charge in [-0.15, -0.1) is 0 Å². The molecule has 2 bridgehead atoms. The van der Waals surface area contributed by atoms with Crippen molar-refractivity contribution in [1.29, 1.82) is 0 Å². The van der Waals surface area contributed by atoms with E-state index in [2.05, 4.69) is 4.98 Å². The highest BCUT2D eigenvalue weighted by molar-refractivity contribution is 5.93. The van der Waals surface area contributed by atoms with E-state index in [1.165, 1.54) is 0 Å². The zero-order valence-corrected chi connectivity index (χ0v) is 12.8. The molecule has 0 spiro atoms. The molecule has 6 nitrogen and oxygen atoms in total. The molecule has 4 rings (SSSR count). The first-order valence-electron chi connectivity index (χ1n) is 7.70. The summed E-state index contributed by atoms with van der Waals surface area (Å²) < 4.78 is 5.10. The SMILES string of the molecule is COCCN1C(=O)[C@H]2CC[C@@H]1CN(C(=O)c1ccccn1)C2. The van der Waals surface area contributed by atoms with E-state index in [4.69, 9.17) is 4.74 Å². The highest BCUT2D eigenvalue weighted by Crippen LogP contribution is 2.29. The van der Waals surface area contributed by atoms with E-state index < -0.39 is 0 Å². The minimum Gasteiger partial charge on any atom is -0.383 e. The number of carbonyl (C=O) groups is 2. The third kappa shape index (κ3) is 2.83. The zero-order valence-electron chi connectivity index (χ0n) is 12.8. The molecular formula is C16H21N3O3. The van der Waals surface area contributed by atoms with Crippen LogP contribution in [0.15, 0.2) is 24.4 Å². The monoisotopic (exact) mass is 303 g/mol. The minimum atomic E-state index is -0.0942. The van der Waals surface area contributed by atoms with E-state index in [0.29, 0.717) is 31.9 Å². The number of hydrogen-bond donors (Lipinski definition) is 0. The molecule has 0 N–H and O–H groups in total. The molecule has 4 heterocycles. The van der Waals surface area contributed by atoms with Gasteiger partial charge in [-0.1, -0.05) is 6.07 Å². The Bertz CT molecular complexity index is 549. The molecule has 2 amide bonds. The van der Waals surface area contributed by atoms with Crippen molar-refractivity contribution in [3.8, 4) is 0 Å². The lowest BCUT2D eigenvalue weighted by atomic mass is 9.94. The molecule has 0 unspecified atom stereocenters. The van der Waals surface area contributed by atoms with Crippen molar-refractivity contribution < 1.29 is 14.3 Å². The number of pyridine rings is 1. The Balaban J connectivity index is 1.77. The average Bonchev–Trinajstić information content (AvgIpc) is 2.84. The zero-order chi connectivity index (χ0) is 15.5. The Labute approximate surface area is 130 Å². The van der Waals surface area contributed by atoms with Crippen molar-refractivity contribution >= 4 is 11.8 Å². The molecule has 6 heteroatoms. The Morgan fingerprint density at radius 3 is 2.95 bits per heavy atom. The molecule has 1 aromatic rings. The van der Waals surface area contributed by atoms with Gasteiger partial charge in [0.25, 0.3) is 5.91 Å². The molecule has 0 radical (unpaired) electrons. The number of rotatable bonds is 4. The van der Waals surface area contributed by atoms with Crippen molar-refractivity contribution in [3.63, 3.8) is 0 Å². The van der Waals surface area contributed by atoms with Gasteiger partial charge in [0.15, 0.2) is 0 Å². The van der Waals surface area contributed by atoms with Crippen LogP contribution in [0.2, 0.25) is 0 Å². The number of hydrogen-bond acceptors (Lipinski definition) is 4. The first kappa shape index (κ1) is 15.0. The number of nitrogens with zero attached hydrogens (tertiary/aromatic N) is 3. The molecule has 0 aromatic carbocycles. The van der Waals surface area contributed by atoms with E-state index in [-0.39, 0.29) is 23.8 Å². The Hall–Kier alpha value is -1.95. The predicted molar refractivity (Wildman–Crippen MR) is 80.2 cm³/mol. The van der Waals surface area contributed by atoms with Crippen molar-refractivity contribution in [2.45, 2.75) is 18.9 Å². The summed E-state index contributed by atoms with van der Waals surface area (Å²) in [4.78, 5) is 33.0. The van der Waals surface area contributed by atoms with Gasteiger partial charge in [0.05, 0.1) is 12.5 Å². The molecule has 0 aliphatic carbocycles. The smallest absolute Gasteiger partial charge is 0.272 e. The quantitative estimate of drug-likeness (QED) is 0.825. The number of ether oxygens (including phenoxy) is 1. The molecular weight excluding hydrogens is 282 g/mol. The lowest BCUT2D eigenvalue weighted by molar-refractivity contribution is -0.140.